The van der Waals surface area contributed by atoms with E-state index >= 15 is 0 Å². The van der Waals surface area contributed by atoms with Crippen molar-refractivity contribution in [2.45, 2.75) is 6.04 Å². The van der Waals surface area contributed by atoms with Crippen LogP contribution in [0.5, 0.6) is 0 Å². The van der Waals surface area contributed by atoms with Gasteiger partial charge in [-0.15, -0.1) is 0 Å². The van der Waals surface area contributed by atoms with Gasteiger partial charge in [-0.1, -0.05) is 59.6 Å². The van der Waals surface area contributed by atoms with E-state index in [1.54, 1.807) is 18.2 Å². The van der Waals surface area contributed by atoms with E-state index in [1.807, 2.05) is 30.3 Å². The summed E-state index contributed by atoms with van der Waals surface area (Å²) in [7, 11) is 0. The van der Waals surface area contributed by atoms with E-state index in [-0.39, 0.29) is 0 Å². The number of benzene rings is 2. The van der Waals surface area contributed by atoms with Crippen LogP contribution in [-0.2, 0) is 4.79 Å². The van der Waals surface area contributed by atoms with Crippen LogP contribution in [0.15, 0.2) is 48.5 Å². The Labute approximate surface area is 116 Å². The molecule has 0 aliphatic heterocycles. The van der Waals surface area contributed by atoms with E-state index < -0.39 is 6.04 Å². The minimum atomic E-state index is -0.469. The largest absolute Gasteiger partial charge is 0.369 e. The molecular formula is C14H11Cl2NO. The highest BCUT2D eigenvalue weighted by molar-refractivity contribution is 6.39. The maximum atomic E-state index is 11.2. The number of para-hydroxylation sites is 1. The Bertz CT molecular complexity index is 522. The zero-order valence-electron chi connectivity index (χ0n) is 9.44. The molecule has 0 amide bonds. The van der Waals surface area contributed by atoms with E-state index in [2.05, 4.69) is 5.32 Å². The first kappa shape index (κ1) is 12.9. The third-order valence-corrected chi connectivity index (χ3v) is 3.19. The van der Waals surface area contributed by atoms with Crippen molar-refractivity contribution in [1.82, 2.24) is 0 Å². The van der Waals surface area contributed by atoms with Crippen LogP contribution >= 0.6 is 23.2 Å². The lowest BCUT2D eigenvalue weighted by atomic mass is 10.1. The number of carbonyl (C=O) groups excluding carboxylic acids is 1. The second-order valence-corrected chi connectivity index (χ2v) is 4.58. The van der Waals surface area contributed by atoms with Crippen LogP contribution in [0.2, 0.25) is 10.0 Å². The second kappa shape index (κ2) is 5.89. The van der Waals surface area contributed by atoms with Gasteiger partial charge in [0, 0.05) is 0 Å². The highest BCUT2D eigenvalue weighted by Gasteiger charge is 2.13. The Hall–Kier alpha value is -1.51. The van der Waals surface area contributed by atoms with Crippen molar-refractivity contribution in [3.63, 3.8) is 0 Å². The summed E-state index contributed by atoms with van der Waals surface area (Å²) in [6.07, 6.45) is 0.828. The first-order valence-electron chi connectivity index (χ1n) is 5.43. The molecule has 1 unspecified atom stereocenters. The van der Waals surface area contributed by atoms with Crippen molar-refractivity contribution in [3.8, 4) is 0 Å². The molecule has 0 aromatic heterocycles. The van der Waals surface area contributed by atoms with Gasteiger partial charge in [-0.2, -0.15) is 0 Å². The lowest BCUT2D eigenvalue weighted by Gasteiger charge is -2.16. The smallest absolute Gasteiger partial charge is 0.146 e. The van der Waals surface area contributed by atoms with Crippen LogP contribution in [0.3, 0.4) is 0 Å². The predicted molar refractivity (Wildman–Crippen MR) is 75.3 cm³/mol. The zero-order chi connectivity index (χ0) is 13.0. The number of carbonyl (C=O) groups is 1. The molecular weight excluding hydrogens is 269 g/mol. The van der Waals surface area contributed by atoms with Gasteiger partial charge in [-0.3, -0.25) is 0 Å². The van der Waals surface area contributed by atoms with Crippen molar-refractivity contribution < 1.29 is 4.79 Å². The molecule has 1 N–H and O–H groups in total. The molecule has 0 aliphatic carbocycles. The summed E-state index contributed by atoms with van der Waals surface area (Å²) in [5.41, 5.74) is 1.44. The molecule has 18 heavy (non-hydrogen) atoms. The van der Waals surface area contributed by atoms with E-state index in [0.29, 0.717) is 15.7 Å². The Morgan fingerprint density at radius 2 is 1.56 bits per heavy atom. The highest BCUT2D eigenvalue weighted by atomic mass is 35.5. The molecule has 0 fully saturated rings. The van der Waals surface area contributed by atoms with Gasteiger partial charge in [0.15, 0.2) is 0 Å². The van der Waals surface area contributed by atoms with Crippen molar-refractivity contribution in [3.05, 3.63) is 64.1 Å². The van der Waals surface area contributed by atoms with Gasteiger partial charge >= 0.3 is 0 Å². The highest BCUT2D eigenvalue weighted by Crippen LogP contribution is 2.32. The minimum absolute atomic E-state index is 0.469. The van der Waals surface area contributed by atoms with Crippen LogP contribution in [0.4, 0.5) is 5.69 Å². The number of hydrogen-bond donors (Lipinski definition) is 1. The topological polar surface area (TPSA) is 29.1 Å². The average Bonchev–Trinajstić information content (AvgIpc) is 2.40. The normalized spacial score (nSPS) is 11.9. The maximum Gasteiger partial charge on any atom is 0.146 e. The van der Waals surface area contributed by atoms with Crippen LogP contribution in [-0.4, -0.2) is 6.29 Å². The summed E-state index contributed by atoms with van der Waals surface area (Å²) < 4.78 is 0. The van der Waals surface area contributed by atoms with E-state index in [1.165, 1.54) is 0 Å². The molecule has 0 radical (unpaired) electrons. The third-order valence-electron chi connectivity index (χ3n) is 2.56. The molecule has 0 saturated carbocycles. The van der Waals surface area contributed by atoms with Crippen molar-refractivity contribution in [2.24, 2.45) is 0 Å². The Balaban J connectivity index is 2.29. The van der Waals surface area contributed by atoms with Crippen molar-refractivity contribution in [1.29, 1.82) is 0 Å². The lowest BCUT2D eigenvalue weighted by Crippen LogP contribution is -2.12. The summed E-state index contributed by atoms with van der Waals surface area (Å²) in [5.74, 6) is 0. The zero-order valence-corrected chi connectivity index (χ0v) is 10.9. The fraction of sp³-hybridized carbons (Fsp3) is 0.0714. The fourth-order valence-corrected chi connectivity index (χ4v) is 2.15. The van der Waals surface area contributed by atoms with Gasteiger partial charge in [-0.25, -0.2) is 0 Å². The standard InChI is InChI=1S/C14H11Cl2NO/c15-11-7-4-8-12(16)14(11)17-13(9-18)10-5-2-1-3-6-10/h1-9,13,17H. The third kappa shape index (κ3) is 2.84. The van der Waals surface area contributed by atoms with Gasteiger partial charge in [0.05, 0.1) is 15.7 Å². The number of hydrogen-bond acceptors (Lipinski definition) is 2. The van der Waals surface area contributed by atoms with Gasteiger partial charge in [0.2, 0.25) is 0 Å². The molecule has 2 aromatic rings. The first-order valence-corrected chi connectivity index (χ1v) is 6.18. The Morgan fingerprint density at radius 3 is 2.11 bits per heavy atom. The molecule has 2 rings (SSSR count). The SMILES string of the molecule is O=CC(Nc1c(Cl)cccc1Cl)c1ccccc1. The molecule has 0 saturated heterocycles. The summed E-state index contributed by atoms with van der Waals surface area (Å²) in [6.45, 7) is 0. The van der Waals surface area contributed by atoms with Crippen LogP contribution in [0.25, 0.3) is 0 Å². The fourth-order valence-electron chi connectivity index (χ4n) is 1.65. The van der Waals surface area contributed by atoms with Gasteiger partial charge < -0.3 is 10.1 Å². The molecule has 0 heterocycles. The number of anilines is 1. The van der Waals surface area contributed by atoms with Gasteiger partial charge in [0.1, 0.15) is 12.3 Å². The molecule has 92 valence electrons. The molecule has 0 bridgehead atoms. The number of rotatable bonds is 4. The lowest BCUT2D eigenvalue weighted by molar-refractivity contribution is -0.108. The molecule has 4 heteroatoms. The van der Waals surface area contributed by atoms with Gasteiger partial charge in [-0.05, 0) is 17.7 Å². The molecule has 1 atom stereocenters. The summed E-state index contributed by atoms with van der Waals surface area (Å²) in [4.78, 5) is 11.2. The van der Waals surface area contributed by atoms with Crippen molar-refractivity contribution >= 4 is 35.2 Å². The second-order valence-electron chi connectivity index (χ2n) is 3.77. The summed E-state index contributed by atoms with van der Waals surface area (Å²) in [5, 5.41) is 4.03. The quantitative estimate of drug-likeness (QED) is 0.844. The monoisotopic (exact) mass is 279 g/mol. The molecule has 2 aromatic carbocycles. The van der Waals surface area contributed by atoms with Gasteiger partial charge in [0.25, 0.3) is 0 Å². The molecule has 2 nitrogen and oxygen atoms in total. The van der Waals surface area contributed by atoms with E-state index in [4.69, 9.17) is 23.2 Å². The average molecular weight is 280 g/mol. The molecule has 0 spiro atoms. The maximum absolute atomic E-state index is 11.2. The summed E-state index contributed by atoms with van der Waals surface area (Å²) >= 11 is 12.1. The van der Waals surface area contributed by atoms with E-state index in [0.717, 1.165) is 11.8 Å². The number of halogens is 2. The number of nitrogens with one attached hydrogen (secondary N) is 1. The van der Waals surface area contributed by atoms with Crippen molar-refractivity contribution in [2.75, 3.05) is 5.32 Å². The first-order chi connectivity index (χ1) is 8.72. The van der Waals surface area contributed by atoms with Crippen LogP contribution in [0, 0.1) is 0 Å². The molecule has 0 aliphatic rings. The number of aldehydes is 1. The Morgan fingerprint density at radius 1 is 0.944 bits per heavy atom. The van der Waals surface area contributed by atoms with Crippen LogP contribution < -0.4 is 5.32 Å². The van der Waals surface area contributed by atoms with E-state index in [9.17, 15) is 4.79 Å². The van der Waals surface area contributed by atoms with Crippen LogP contribution in [0.1, 0.15) is 11.6 Å². The minimum Gasteiger partial charge on any atom is -0.369 e. The Kier molecular flexibility index (Phi) is 4.24. The predicted octanol–water partition coefficient (Wildman–Crippen LogP) is 4.35. The summed E-state index contributed by atoms with van der Waals surface area (Å²) in [6, 6.07) is 14.1.